The standard InChI is InChI=1S/C17H11F3N6OS/c18-17(19,20)16-24-15(25-27-16)13-4-3-12(28-13)10-26(11-2-1-5-21-8-11)14-9-22-6-7-23-14/h1-9H,10H2. The number of alkyl halides is 3. The van der Waals surface area contributed by atoms with Gasteiger partial charge in [-0.1, -0.05) is 5.16 Å². The van der Waals surface area contributed by atoms with Crippen molar-refractivity contribution in [2.45, 2.75) is 12.7 Å². The third-order valence-corrected chi connectivity index (χ3v) is 4.71. The molecule has 4 rings (SSSR count). The zero-order valence-electron chi connectivity index (χ0n) is 14.0. The number of pyridine rings is 1. The molecular weight excluding hydrogens is 393 g/mol. The number of anilines is 2. The quantitative estimate of drug-likeness (QED) is 0.489. The summed E-state index contributed by atoms with van der Waals surface area (Å²) in [6.07, 6.45) is 3.46. The van der Waals surface area contributed by atoms with Crippen molar-refractivity contribution in [1.29, 1.82) is 0 Å². The number of nitrogens with zero attached hydrogens (tertiary/aromatic N) is 6. The van der Waals surface area contributed by atoms with Crippen LogP contribution in [0.1, 0.15) is 10.8 Å². The van der Waals surface area contributed by atoms with E-state index in [4.69, 9.17) is 0 Å². The van der Waals surface area contributed by atoms with Crippen LogP contribution in [0.2, 0.25) is 0 Å². The fraction of sp³-hybridized carbons (Fsp3) is 0.118. The van der Waals surface area contributed by atoms with E-state index < -0.39 is 12.1 Å². The van der Waals surface area contributed by atoms with Crippen molar-refractivity contribution in [1.82, 2.24) is 25.1 Å². The Morgan fingerprint density at radius 3 is 2.57 bits per heavy atom. The lowest BCUT2D eigenvalue weighted by atomic mass is 10.3. The first-order valence-electron chi connectivity index (χ1n) is 7.94. The molecule has 0 radical (unpaired) electrons. The van der Waals surface area contributed by atoms with Crippen molar-refractivity contribution in [3.63, 3.8) is 0 Å². The maximum Gasteiger partial charge on any atom is 0.471 e. The molecule has 0 saturated carbocycles. The highest BCUT2D eigenvalue weighted by atomic mass is 32.1. The highest BCUT2D eigenvalue weighted by molar-refractivity contribution is 7.15. The molecular formula is C17H11F3N6OS. The number of rotatable bonds is 5. The highest BCUT2D eigenvalue weighted by Gasteiger charge is 2.38. The maximum absolute atomic E-state index is 12.7. The fourth-order valence-corrected chi connectivity index (χ4v) is 3.35. The lowest BCUT2D eigenvalue weighted by Gasteiger charge is -2.22. The summed E-state index contributed by atoms with van der Waals surface area (Å²) in [5.41, 5.74) is 0.803. The van der Waals surface area contributed by atoms with Gasteiger partial charge in [0.25, 0.3) is 0 Å². The molecule has 0 saturated heterocycles. The van der Waals surface area contributed by atoms with Crippen molar-refractivity contribution in [2.24, 2.45) is 0 Å². The second-order valence-electron chi connectivity index (χ2n) is 5.55. The van der Waals surface area contributed by atoms with Crippen LogP contribution in [0.5, 0.6) is 0 Å². The summed E-state index contributed by atoms with van der Waals surface area (Å²) in [5, 5.41) is 3.42. The molecule has 0 bridgehead atoms. The van der Waals surface area contributed by atoms with Gasteiger partial charge in [-0.3, -0.25) is 9.97 Å². The van der Waals surface area contributed by atoms with Gasteiger partial charge in [-0.2, -0.15) is 18.2 Å². The topological polar surface area (TPSA) is 80.8 Å². The molecule has 0 unspecified atom stereocenters. The minimum atomic E-state index is -4.67. The monoisotopic (exact) mass is 404 g/mol. The molecule has 0 aliphatic rings. The average Bonchev–Trinajstić information content (AvgIpc) is 3.37. The molecule has 11 heteroatoms. The van der Waals surface area contributed by atoms with E-state index in [2.05, 4.69) is 29.6 Å². The van der Waals surface area contributed by atoms with Gasteiger partial charge >= 0.3 is 12.1 Å². The number of thiophene rings is 1. The molecule has 0 N–H and O–H groups in total. The van der Waals surface area contributed by atoms with E-state index in [1.807, 2.05) is 11.0 Å². The van der Waals surface area contributed by atoms with Gasteiger partial charge in [-0.15, -0.1) is 11.3 Å². The van der Waals surface area contributed by atoms with Crippen LogP contribution in [-0.2, 0) is 12.7 Å². The Morgan fingerprint density at radius 1 is 1.04 bits per heavy atom. The number of halogens is 3. The van der Waals surface area contributed by atoms with E-state index in [0.29, 0.717) is 17.2 Å². The van der Waals surface area contributed by atoms with Gasteiger partial charge in [0.2, 0.25) is 5.82 Å². The van der Waals surface area contributed by atoms with Gasteiger partial charge in [-0.25, -0.2) is 4.98 Å². The molecule has 0 fully saturated rings. The summed E-state index contributed by atoms with van der Waals surface area (Å²) >= 11 is 1.26. The molecule has 28 heavy (non-hydrogen) atoms. The lowest BCUT2D eigenvalue weighted by molar-refractivity contribution is -0.159. The Labute approximate surface area is 160 Å². The second kappa shape index (κ2) is 7.35. The summed E-state index contributed by atoms with van der Waals surface area (Å²) in [7, 11) is 0. The predicted octanol–water partition coefficient (Wildman–Crippen LogP) is 4.34. The fourth-order valence-electron chi connectivity index (χ4n) is 2.43. The normalized spacial score (nSPS) is 11.5. The molecule has 4 aromatic heterocycles. The largest absolute Gasteiger partial charge is 0.471 e. The predicted molar refractivity (Wildman–Crippen MR) is 94.7 cm³/mol. The Balaban J connectivity index is 1.61. The van der Waals surface area contributed by atoms with Crippen molar-refractivity contribution in [2.75, 3.05) is 4.90 Å². The van der Waals surface area contributed by atoms with Gasteiger partial charge in [-0.05, 0) is 24.3 Å². The van der Waals surface area contributed by atoms with E-state index >= 15 is 0 Å². The van der Waals surface area contributed by atoms with Crippen molar-refractivity contribution < 1.29 is 17.7 Å². The SMILES string of the molecule is FC(F)(F)c1nc(-c2ccc(CN(c3cccnc3)c3cnccn3)s2)no1. The summed E-state index contributed by atoms with van der Waals surface area (Å²) in [4.78, 5) is 19.2. The van der Waals surface area contributed by atoms with Crippen molar-refractivity contribution >= 4 is 22.8 Å². The van der Waals surface area contributed by atoms with Gasteiger partial charge in [0.05, 0.1) is 29.5 Å². The smallest absolute Gasteiger partial charge is 0.329 e. The van der Waals surface area contributed by atoms with Crippen LogP contribution in [-0.4, -0.2) is 25.1 Å². The second-order valence-corrected chi connectivity index (χ2v) is 6.72. The van der Waals surface area contributed by atoms with E-state index in [-0.39, 0.29) is 5.82 Å². The van der Waals surface area contributed by atoms with Crippen molar-refractivity contribution in [3.05, 3.63) is 66.0 Å². The minimum Gasteiger partial charge on any atom is -0.329 e. The molecule has 0 atom stereocenters. The number of hydrogen-bond donors (Lipinski definition) is 0. The maximum atomic E-state index is 12.7. The minimum absolute atomic E-state index is 0.101. The van der Waals surface area contributed by atoms with E-state index in [1.54, 1.807) is 49.2 Å². The zero-order valence-corrected chi connectivity index (χ0v) is 14.9. The first-order valence-corrected chi connectivity index (χ1v) is 8.76. The van der Waals surface area contributed by atoms with Crippen LogP contribution in [0, 0.1) is 0 Å². The third kappa shape index (κ3) is 3.83. The molecule has 0 aromatic carbocycles. The van der Waals surface area contributed by atoms with E-state index in [9.17, 15) is 13.2 Å². The summed E-state index contributed by atoms with van der Waals surface area (Å²) in [6.45, 7) is 0.416. The first kappa shape index (κ1) is 18.0. The van der Waals surface area contributed by atoms with Crippen molar-refractivity contribution in [3.8, 4) is 10.7 Å². The molecule has 0 spiro atoms. The molecule has 4 heterocycles. The zero-order chi connectivity index (χ0) is 19.6. The molecule has 0 amide bonds. The Hall–Kier alpha value is -3.34. The highest BCUT2D eigenvalue weighted by Crippen LogP contribution is 2.33. The Bertz CT molecular complexity index is 1010. The molecule has 0 aliphatic carbocycles. The van der Waals surface area contributed by atoms with Crippen LogP contribution >= 0.6 is 11.3 Å². The lowest BCUT2D eigenvalue weighted by Crippen LogP contribution is -2.17. The molecule has 7 nitrogen and oxygen atoms in total. The average molecular weight is 404 g/mol. The summed E-state index contributed by atoms with van der Waals surface area (Å²) in [6, 6.07) is 7.13. The molecule has 0 aliphatic heterocycles. The third-order valence-electron chi connectivity index (χ3n) is 3.65. The molecule has 142 valence electrons. The Kier molecular flexibility index (Phi) is 4.74. The summed E-state index contributed by atoms with van der Waals surface area (Å²) in [5.74, 6) is -0.852. The first-order chi connectivity index (χ1) is 13.5. The number of hydrogen-bond acceptors (Lipinski definition) is 8. The van der Waals surface area contributed by atoms with Crippen LogP contribution in [0.25, 0.3) is 10.7 Å². The van der Waals surface area contributed by atoms with Crippen LogP contribution in [0.4, 0.5) is 24.7 Å². The van der Waals surface area contributed by atoms with Gasteiger partial charge in [0, 0.05) is 23.5 Å². The van der Waals surface area contributed by atoms with Crippen LogP contribution in [0.3, 0.4) is 0 Å². The Morgan fingerprint density at radius 2 is 1.89 bits per heavy atom. The number of aromatic nitrogens is 5. The van der Waals surface area contributed by atoms with Gasteiger partial charge in [0.15, 0.2) is 5.82 Å². The van der Waals surface area contributed by atoms with Crippen LogP contribution < -0.4 is 4.90 Å². The van der Waals surface area contributed by atoms with E-state index in [0.717, 1.165) is 10.6 Å². The summed E-state index contributed by atoms with van der Waals surface area (Å²) < 4.78 is 42.2. The van der Waals surface area contributed by atoms with Gasteiger partial charge < -0.3 is 9.42 Å². The van der Waals surface area contributed by atoms with Crippen LogP contribution in [0.15, 0.2) is 59.8 Å². The molecule has 4 aromatic rings. The van der Waals surface area contributed by atoms with E-state index in [1.165, 1.54) is 11.3 Å². The van der Waals surface area contributed by atoms with Gasteiger partial charge in [0.1, 0.15) is 0 Å².